The number of halogens is 2. The second kappa shape index (κ2) is 14.1. The number of benzene rings is 2. The second-order valence-corrected chi connectivity index (χ2v) is 8.08. The molecule has 4 nitrogen and oxygen atoms in total. The third-order valence-electron chi connectivity index (χ3n) is 4.18. The van der Waals surface area contributed by atoms with E-state index in [0.29, 0.717) is 0 Å². The van der Waals surface area contributed by atoms with Gasteiger partial charge in [0.25, 0.3) is 0 Å². The Morgan fingerprint density at radius 3 is 1.33 bits per heavy atom. The van der Waals surface area contributed by atoms with Gasteiger partial charge in [0, 0.05) is 22.2 Å². The molecule has 0 spiro atoms. The summed E-state index contributed by atoms with van der Waals surface area (Å²) in [5, 5.41) is 1.48. The first-order chi connectivity index (χ1) is 14.3. The smallest absolute Gasteiger partial charge is 0.0890 e. The van der Waals surface area contributed by atoms with E-state index >= 15 is 0 Å². The maximum atomic E-state index is 4.57. The van der Waals surface area contributed by atoms with Crippen LogP contribution >= 0.6 is 57.1 Å². The number of aromatic nitrogens is 4. The Morgan fingerprint density at radius 1 is 0.667 bits per heavy atom. The van der Waals surface area contributed by atoms with Crippen LogP contribution in [-0.2, 0) is 22.2 Å². The number of thioether (sulfide) groups is 1. The summed E-state index contributed by atoms with van der Waals surface area (Å²) in [5.41, 5.74) is 8.28. The van der Waals surface area contributed by atoms with Crippen LogP contribution in [-0.4, -0.2) is 63.6 Å². The van der Waals surface area contributed by atoms with Crippen LogP contribution in [0.1, 0.15) is 22.8 Å². The molecule has 1 aliphatic heterocycles. The van der Waals surface area contributed by atoms with Gasteiger partial charge in [-0.3, -0.25) is 0 Å². The van der Waals surface area contributed by atoms with Gasteiger partial charge in [-0.25, -0.2) is 19.9 Å². The average molecular weight is 584 g/mol. The summed E-state index contributed by atoms with van der Waals surface area (Å²) in [5.74, 6) is 2.04. The van der Waals surface area contributed by atoms with Crippen molar-refractivity contribution in [2.45, 2.75) is 22.2 Å². The molecule has 0 saturated carbocycles. The number of fused-ring (bicyclic) bond motifs is 3. The molecule has 30 heavy (non-hydrogen) atoms. The van der Waals surface area contributed by atoms with E-state index in [4.69, 9.17) is 0 Å². The van der Waals surface area contributed by atoms with Crippen LogP contribution in [0.5, 0.6) is 0 Å². The molecular formula is C20H18Br2N4Na2S2. The number of nitrogens with zero attached hydrogens (tertiary/aromatic N) is 4. The van der Waals surface area contributed by atoms with Crippen LogP contribution in [0, 0.1) is 0 Å². The van der Waals surface area contributed by atoms with Gasteiger partial charge in [-0.05, 0) is 24.3 Å². The molecule has 0 atom stereocenters. The van der Waals surface area contributed by atoms with Crippen LogP contribution in [0.4, 0.5) is 0 Å². The standard InChI is InChI=1S/C10H8Br2N2.C10H8N2S.2Na.H2S/c11-5-9-10(6-12)14-8-4-2-1-3-7(8)13-9;1-2-4-8-7(3-1)11-9-5-13-6-10(9)12-8;;;/h1-4H,5-6H2;1-4H,5-6H2;;;1H2. The monoisotopic (exact) mass is 582 g/mol. The summed E-state index contributed by atoms with van der Waals surface area (Å²) in [6, 6.07) is 16.0. The quantitative estimate of drug-likeness (QED) is 0.241. The molecule has 10 heteroatoms. The molecule has 2 aromatic heterocycles. The molecule has 0 bridgehead atoms. The summed E-state index contributed by atoms with van der Waals surface area (Å²) < 4.78 is 0. The Balaban J connectivity index is 0.000000192. The first kappa shape index (κ1) is 27.0. The van der Waals surface area contributed by atoms with Gasteiger partial charge in [0.1, 0.15) is 0 Å². The SMILES string of the molecule is BrCc1nc2ccccc2nc1CBr.S.[Na][Na].c1ccc2nc3c(nc2c1)CSC3. The van der Waals surface area contributed by atoms with Crippen molar-refractivity contribution in [2.24, 2.45) is 0 Å². The zero-order chi connectivity index (χ0) is 20.6. The van der Waals surface area contributed by atoms with Crippen molar-refractivity contribution in [2.75, 3.05) is 0 Å². The van der Waals surface area contributed by atoms with E-state index in [1.165, 1.54) is 55.0 Å². The molecule has 2 aromatic carbocycles. The molecule has 0 N–H and O–H groups in total. The largest absolute Gasteiger partial charge is 0.248 e. The molecule has 0 radical (unpaired) electrons. The van der Waals surface area contributed by atoms with E-state index in [1.54, 1.807) is 0 Å². The average Bonchev–Trinajstić information content (AvgIpc) is 3.25. The maximum absolute atomic E-state index is 4.57. The molecule has 0 saturated heterocycles. The Morgan fingerprint density at radius 2 is 1.00 bits per heavy atom. The van der Waals surface area contributed by atoms with E-state index in [1.807, 2.05) is 60.3 Å². The van der Waals surface area contributed by atoms with Crippen molar-refractivity contribution in [3.63, 3.8) is 0 Å². The van der Waals surface area contributed by atoms with Crippen LogP contribution in [0.2, 0.25) is 0 Å². The van der Waals surface area contributed by atoms with Gasteiger partial charge in [-0.1, -0.05) is 56.1 Å². The minimum Gasteiger partial charge on any atom is -0.248 e. The summed E-state index contributed by atoms with van der Waals surface area (Å²) in [7, 11) is 0. The molecular weight excluding hydrogens is 566 g/mol. The molecule has 3 heterocycles. The van der Waals surface area contributed by atoms with E-state index in [0.717, 1.165) is 55.6 Å². The first-order valence-corrected chi connectivity index (χ1v) is 20.9. The fourth-order valence-corrected chi connectivity index (χ4v) is 4.68. The number of hydrogen-bond acceptors (Lipinski definition) is 5. The van der Waals surface area contributed by atoms with Gasteiger partial charge in [0.15, 0.2) is 0 Å². The van der Waals surface area contributed by atoms with Gasteiger partial charge in [-0.15, -0.1) is 11.8 Å². The molecule has 0 aliphatic carbocycles. The van der Waals surface area contributed by atoms with Crippen molar-refractivity contribution in [1.82, 2.24) is 19.9 Å². The van der Waals surface area contributed by atoms with Crippen LogP contribution in [0.3, 0.4) is 0 Å². The number of para-hydroxylation sites is 4. The fraction of sp³-hybridized carbons (Fsp3) is 0.200. The van der Waals surface area contributed by atoms with Gasteiger partial charge in [0.2, 0.25) is 0 Å². The van der Waals surface area contributed by atoms with Crippen molar-refractivity contribution in [3.8, 4) is 0 Å². The summed E-state index contributed by atoms with van der Waals surface area (Å²) in [6.07, 6.45) is 0. The second-order valence-electron chi connectivity index (χ2n) is 5.97. The van der Waals surface area contributed by atoms with Crippen molar-refractivity contribution in [3.05, 3.63) is 71.3 Å². The van der Waals surface area contributed by atoms with Crippen molar-refractivity contribution < 1.29 is 0 Å². The zero-order valence-electron chi connectivity index (χ0n) is 16.9. The molecule has 0 unspecified atom stereocenters. The van der Waals surface area contributed by atoms with Gasteiger partial charge >= 0.3 is 43.6 Å². The van der Waals surface area contributed by atoms with Gasteiger partial charge in [-0.2, -0.15) is 13.5 Å². The van der Waals surface area contributed by atoms with E-state index in [2.05, 4.69) is 51.8 Å². The molecule has 4 aromatic rings. The summed E-state index contributed by atoms with van der Waals surface area (Å²) in [6.45, 7) is 0. The van der Waals surface area contributed by atoms with Crippen molar-refractivity contribution >= 4 is 123 Å². The maximum Gasteiger partial charge on any atom is 0.0890 e. The Labute approximate surface area is 233 Å². The predicted octanol–water partition coefficient (Wildman–Crippen LogP) is 5.15. The topological polar surface area (TPSA) is 51.6 Å². The minimum atomic E-state index is 0. The number of rotatable bonds is 2. The third-order valence-corrected chi connectivity index (χ3v) is 6.20. The molecule has 146 valence electrons. The van der Waals surface area contributed by atoms with Gasteiger partial charge < -0.3 is 0 Å². The first-order valence-electron chi connectivity index (χ1n) is 9.47. The Kier molecular flexibility index (Phi) is 12.7. The fourth-order valence-electron chi connectivity index (χ4n) is 2.84. The normalized spacial score (nSPS) is 11.7. The van der Waals surface area contributed by atoms with Crippen LogP contribution < -0.4 is 0 Å². The van der Waals surface area contributed by atoms with E-state index in [-0.39, 0.29) is 13.5 Å². The van der Waals surface area contributed by atoms with Crippen molar-refractivity contribution in [1.29, 1.82) is 0 Å². The van der Waals surface area contributed by atoms with Gasteiger partial charge in [0.05, 0.1) is 44.8 Å². The van der Waals surface area contributed by atoms with Crippen LogP contribution in [0.15, 0.2) is 48.5 Å². The predicted molar refractivity (Wildman–Crippen MR) is 141 cm³/mol. The Bertz CT molecular complexity index is 1030. The number of alkyl halides is 2. The van der Waals surface area contributed by atoms with E-state index < -0.39 is 0 Å². The molecule has 0 amide bonds. The summed E-state index contributed by atoms with van der Waals surface area (Å²) in [4.78, 5) is 18.2. The minimum absolute atomic E-state index is 0. The third kappa shape index (κ3) is 6.89. The van der Waals surface area contributed by atoms with E-state index in [9.17, 15) is 0 Å². The summed E-state index contributed by atoms with van der Waals surface area (Å²) >= 11 is 11.6. The molecule has 1 aliphatic rings. The number of hydrogen-bond donors (Lipinski definition) is 0. The molecule has 5 rings (SSSR count). The zero-order valence-corrected chi connectivity index (χ0v) is 25.9. The Hall–Kier alpha value is 0.780. The van der Waals surface area contributed by atoms with Crippen LogP contribution in [0.25, 0.3) is 22.1 Å². The molecule has 0 fully saturated rings.